The van der Waals surface area contributed by atoms with Gasteiger partial charge in [-0.25, -0.2) is 18.8 Å². The number of nitrogens with zero attached hydrogens (tertiary/aromatic N) is 3. The van der Waals surface area contributed by atoms with Gasteiger partial charge >= 0.3 is 18.0 Å². The van der Waals surface area contributed by atoms with Crippen molar-refractivity contribution in [1.82, 2.24) is 19.8 Å². The van der Waals surface area contributed by atoms with Gasteiger partial charge < -0.3 is 24.4 Å². The molecule has 0 radical (unpaired) electrons. The van der Waals surface area contributed by atoms with Gasteiger partial charge in [-0.1, -0.05) is 11.6 Å². The van der Waals surface area contributed by atoms with Gasteiger partial charge in [0.15, 0.2) is 0 Å². The highest BCUT2D eigenvalue weighted by molar-refractivity contribution is 6.31. The minimum atomic E-state index is -0.963. The average Bonchev–Trinajstić information content (AvgIpc) is 3.38. The number of urea groups is 1. The average molecular weight is 541 g/mol. The Labute approximate surface area is 223 Å². The van der Waals surface area contributed by atoms with Gasteiger partial charge in [0.1, 0.15) is 5.82 Å². The monoisotopic (exact) mass is 540 g/mol. The normalized spacial score (nSPS) is 18.3. The number of hydroxylamine groups is 2. The molecule has 1 fully saturated rings. The van der Waals surface area contributed by atoms with Gasteiger partial charge in [0.05, 0.1) is 12.1 Å². The molecule has 2 aliphatic rings. The summed E-state index contributed by atoms with van der Waals surface area (Å²) in [6, 6.07) is 11.7. The van der Waals surface area contributed by atoms with E-state index in [1.165, 1.54) is 17.0 Å². The van der Waals surface area contributed by atoms with Gasteiger partial charge in [0, 0.05) is 47.5 Å². The van der Waals surface area contributed by atoms with Crippen molar-refractivity contribution >= 4 is 40.5 Å². The van der Waals surface area contributed by atoms with Gasteiger partial charge in [0.2, 0.25) is 6.23 Å². The number of halogens is 2. The van der Waals surface area contributed by atoms with Crippen molar-refractivity contribution in [2.24, 2.45) is 0 Å². The van der Waals surface area contributed by atoms with Crippen LogP contribution in [0.1, 0.15) is 18.4 Å². The van der Waals surface area contributed by atoms with Crippen molar-refractivity contribution < 1.29 is 28.3 Å². The first kappa shape index (κ1) is 25.7. The summed E-state index contributed by atoms with van der Waals surface area (Å²) >= 11 is 6.27. The zero-order valence-corrected chi connectivity index (χ0v) is 21.2. The number of hydrogen-bond donors (Lipinski definition) is 1. The van der Waals surface area contributed by atoms with E-state index in [1.54, 1.807) is 12.1 Å². The Morgan fingerprint density at radius 1 is 1.00 bits per heavy atom. The van der Waals surface area contributed by atoms with Gasteiger partial charge in [-0.15, -0.1) is 5.06 Å². The van der Waals surface area contributed by atoms with Crippen LogP contribution in [-0.4, -0.2) is 64.9 Å². The van der Waals surface area contributed by atoms with Gasteiger partial charge in [-0.05, 0) is 73.8 Å². The maximum absolute atomic E-state index is 13.4. The lowest BCUT2D eigenvalue weighted by molar-refractivity contribution is -0.205. The summed E-state index contributed by atoms with van der Waals surface area (Å²) in [5, 5.41) is 5.86. The largest absolute Gasteiger partial charge is 0.433 e. The Bertz CT molecular complexity index is 1390. The van der Waals surface area contributed by atoms with Crippen LogP contribution in [0, 0.1) is 5.82 Å². The third-order valence-corrected chi connectivity index (χ3v) is 6.69. The molecular formula is C27H26ClFN4O5. The summed E-state index contributed by atoms with van der Waals surface area (Å²) in [4.78, 5) is 42.3. The fourth-order valence-electron chi connectivity index (χ4n) is 4.60. The number of rotatable bonds is 9. The Morgan fingerprint density at radius 2 is 1.79 bits per heavy atom. The Hall–Kier alpha value is -3.89. The molecule has 1 aromatic heterocycles. The smallest absolute Gasteiger partial charge is 0.357 e. The lowest BCUT2D eigenvalue weighted by atomic mass is 10.1. The van der Waals surface area contributed by atoms with E-state index in [0.717, 1.165) is 65.2 Å². The highest BCUT2D eigenvalue weighted by atomic mass is 35.5. The molecule has 0 aliphatic carbocycles. The molecule has 1 unspecified atom stereocenters. The highest BCUT2D eigenvalue weighted by Crippen LogP contribution is 2.29. The van der Waals surface area contributed by atoms with E-state index >= 15 is 0 Å². The topological polar surface area (TPSA) is 93.1 Å². The van der Waals surface area contributed by atoms with E-state index in [2.05, 4.69) is 11.5 Å². The summed E-state index contributed by atoms with van der Waals surface area (Å²) < 4.78 is 20.6. The molecule has 1 saturated heterocycles. The Morgan fingerprint density at radius 3 is 2.61 bits per heavy atom. The van der Waals surface area contributed by atoms with E-state index in [0.29, 0.717) is 18.1 Å². The van der Waals surface area contributed by atoms with E-state index in [4.69, 9.17) is 21.2 Å². The molecule has 0 saturated carbocycles. The van der Waals surface area contributed by atoms with Gasteiger partial charge in [-0.2, -0.15) is 0 Å². The summed E-state index contributed by atoms with van der Waals surface area (Å²) in [5.74, 6) is -1.78. The lowest BCUT2D eigenvalue weighted by Crippen LogP contribution is -2.40. The van der Waals surface area contributed by atoms with Crippen LogP contribution >= 0.6 is 11.6 Å². The second-order valence-electron chi connectivity index (χ2n) is 9.06. The standard InChI is InChI=1S/C27H26ClFN4O5/c28-19-4-9-23-22(15-19)18(16-32(23)21-7-5-20(29)6-8-21)3-1-2-12-30-13-14-31-17-24-33(27(31)36)38-26(35)11-10-25(34)37-24/h4-11,15-16,24,30H,1-3,12-14,17H2/b11-10+. The fraction of sp³-hybridized carbons (Fsp3) is 0.296. The van der Waals surface area contributed by atoms with Crippen molar-refractivity contribution in [3.63, 3.8) is 0 Å². The maximum Gasteiger partial charge on any atom is 0.357 e. The van der Waals surface area contributed by atoms with Crippen LogP contribution in [0.15, 0.2) is 60.8 Å². The summed E-state index contributed by atoms with van der Waals surface area (Å²) in [5.41, 5.74) is 3.06. The Kier molecular flexibility index (Phi) is 7.62. The second kappa shape index (κ2) is 11.2. The van der Waals surface area contributed by atoms with Crippen LogP contribution in [0.3, 0.4) is 0 Å². The number of carbonyl (C=O) groups is 3. The predicted octanol–water partition coefficient (Wildman–Crippen LogP) is 3.97. The zero-order valence-electron chi connectivity index (χ0n) is 20.4. The molecule has 3 aromatic rings. The van der Waals surface area contributed by atoms with E-state index in [-0.39, 0.29) is 12.4 Å². The molecule has 11 heteroatoms. The van der Waals surface area contributed by atoms with Crippen molar-refractivity contribution in [2.75, 3.05) is 26.2 Å². The first-order valence-electron chi connectivity index (χ1n) is 12.3. The molecule has 38 heavy (non-hydrogen) atoms. The quantitative estimate of drug-likeness (QED) is 0.326. The zero-order chi connectivity index (χ0) is 26.6. The van der Waals surface area contributed by atoms with Crippen LogP contribution in [0.4, 0.5) is 9.18 Å². The van der Waals surface area contributed by atoms with E-state index in [1.807, 2.05) is 22.8 Å². The van der Waals surface area contributed by atoms with Gasteiger partial charge in [-0.3, -0.25) is 0 Å². The second-order valence-corrected chi connectivity index (χ2v) is 9.50. The number of fused-ring (bicyclic) bond motifs is 2. The third-order valence-electron chi connectivity index (χ3n) is 6.46. The molecule has 2 aromatic carbocycles. The minimum Gasteiger partial charge on any atom is -0.433 e. The SMILES string of the molecule is O=C1/C=C/C(=O)ON2C(=O)N(CCNCCCCc3cn(-c4ccc(F)cc4)c4ccc(Cl)cc34)CC2O1. The number of nitrogens with one attached hydrogen (secondary N) is 1. The molecule has 1 N–H and O–H groups in total. The number of unbranched alkanes of at least 4 members (excludes halogenated alkanes) is 1. The van der Waals surface area contributed by atoms with Crippen LogP contribution in [-0.2, 0) is 25.6 Å². The first-order chi connectivity index (χ1) is 18.4. The van der Waals surface area contributed by atoms with Crippen LogP contribution in [0.25, 0.3) is 16.6 Å². The van der Waals surface area contributed by atoms with Crippen molar-refractivity contribution in [3.05, 3.63) is 77.2 Å². The number of benzene rings is 2. The number of hydrogen-bond acceptors (Lipinski definition) is 6. The molecule has 2 aliphatic heterocycles. The number of aryl methyl sites for hydroxylation is 1. The third kappa shape index (κ3) is 5.66. The number of ether oxygens (including phenoxy) is 1. The van der Waals surface area contributed by atoms with Gasteiger partial charge in [0.25, 0.3) is 0 Å². The van der Waals surface area contributed by atoms with Crippen molar-refractivity contribution in [2.45, 2.75) is 25.5 Å². The molecule has 3 heterocycles. The van der Waals surface area contributed by atoms with Crippen LogP contribution in [0.5, 0.6) is 0 Å². The van der Waals surface area contributed by atoms with Crippen molar-refractivity contribution in [3.8, 4) is 5.69 Å². The minimum absolute atomic E-state index is 0.119. The highest BCUT2D eigenvalue weighted by Gasteiger charge is 2.43. The first-order valence-corrected chi connectivity index (χ1v) is 12.7. The van der Waals surface area contributed by atoms with E-state index in [9.17, 15) is 18.8 Å². The summed E-state index contributed by atoms with van der Waals surface area (Å²) in [6.45, 7) is 1.78. The summed E-state index contributed by atoms with van der Waals surface area (Å²) in [6.07, 6.45) is 5.70. The Balaban J connectivity index is 1.10. The number of amides is 2. The fourth-order valence-corrected chi connectivity index (χ4v) is 4.77. The molecule has 198 valence electrons. The number of carbonyl (C=O) groups excluding carboxylic acids is 3. The number of esters is 1. The van der Waals surface area contributed by atoms with Crippen LogP contribution < -0.4 is 5.32 Å². The molecule has 9 nitrogen and oxygen atoms in total. The molecule has 2 amide bonds. The van der Waals surface area contributed by atoms with E-state index < -0.39 is 24.2 Å². The number of aromatic nitrogens is 1. The molecule has 1 atom stereocenters. The molecule has 5 rings (SSSR count). The van der Waals surface area contributed by atoms with Crippen molar-refractivity contribution in [1.29, 1.82) is 0 Å². The maximum atomic E-state index is 13.4. The summed E-state index contributed by atoms with van der Waals surface area (Å²) in [7, 11) is 0. The molecule has 0 bridgehead atoms. The van der Waals surface area contributed by atoms with Crippen LogP contribution in [0.2, 0.25) is 5.02 Å². The lowest BCUT2D eigenvalue weighted by Gasteiger charge is -2.21. The molecular weight excluding hydrogens is 515 g/mol. The molecule has 0 spiro atoms. The predicted molar refractivity (Wildman–Crippen MR) is 138 cm³/mol.